The Bertz CT molecular complexity index is 934. The monoisotopic (exact) mass is 416 g/mol. The summed E-state index contributed by atoms with van der Waals surface area (Å²) in [5.41, 5.74) is 9.01. The van der Waals surface area contributed by atoms with Crippen molar-refractivity contribution in [1.82, 2.24) is 4.90 Å². The minimum absolute atomic E-state index is 0.00921. The van der Waals surface area contributed by atoms with Crippen LogP contribution in [-0.4, -0.2) is 30.5 Å². The molecule has 146 valence electrons. The van der Waals surface area contributed by atoms with Crippen molar-refractivity contribution in [3.63, 3.8) is 0 Å². The molecule has 0 bridgehead atoms. The molecule has 1 amide bonds. The van der Waals surface area contributed by atoms with Gasteiger partial charge in [0.05, 0.1) is 16.7 Å². The lowest BCUT2D eigenvalue weighted by atomic mass is 9.74. The number of benzene rings is 2. The van der Waals surface area contributed by atoms with E-state index in [9.17, 15) is 4.79 Å². The molecule has 0 saturated carbocycles. The zero-order valence-corrected chi connectivity index (χ0v) is 17.0. The molecule has 28 heavy (non-hydrogen) atoms. The summed E-state index contributed by atoms with van der Waals surface area (Å²) in [5, 5.41) is 0.983. The lowest BCUT2D eigenvalue weighted by Gasteiger charge is -2.38. The summed E-state index contributed by atoms with van der Waals surface area (Å²) >= 11 is 12.0. The molecule has 2 aromatic carbocycles. The molecule has 2 aliphatic rings. The van der Waals surface area contributed by atoms with E-state index in [0.29, 0.717) is 36.3 Å². The highest BCUT2D eigenvalue weighted by molar-refractivity contribution is 6.42. The third-order valence-corrected chi connectivity index (χ3v) is 6.49. The summed E-state index contributed by atoms with van der Waals surface area (Å²) in [7, 11) is 0. The Morgan fingerprint density at radius 1 is 1.14 bits per heavy atom. The summed E-state index contributed by atoms with van der Waals surface area (Å²) in [6.45, 7) is 2.62. The number of hydrogen-bond donors (Lipinski definition) is 1. The van der Waals surface area contributed by atoms with Gasteiger partial charge in [-0.1, -0.05) is 41.4 Å². The summed E-state index contributed by atoms with van der Waals surface area (Å²) in [6.07, 6.45) is 5.15. The Balaban J connectivity index is 1.43. The number of fused-ring (bicyclic) bond motifs is 2. The highest BCUT2D eigenvalue weighted by Gasteiger charge is 2.43. The normalized spacial score (nSPS) is 17.8. The predicted octanol–water partition coefficient (Wildman–Crippen LogP) is 4.42. The van der Waals surface area contributed by atoms with Crippen LogP contribution in [-0.2, 0) is 16.8 Å². The first-order valence-electron chi connectivity index (χ1n) is 9.39. The lowest BCUT2D eigenvalue weighted by Crippen LogP contribution is -2.45. The molecule has 2 heterocycles. The smallest absolute Gasteiger partial charge is 0.246 e. The van der Waals surface area contributed by atoms with Crippen molar-refractivity contribution in [1.29, 1.82) is 0 Å². The number of piperidine rings is 1. The third-order valence-electron chi connectivity index (χ3n) is 5.75. The van der Waals surface area contributed by atoms with E-state index in [4.69, 9.17) is 33.7 Å². The molecule has 2 aromatic rings. The average molecular weight is 417 g/mol. The molecule has 0 aliphatic carbocycles. The van der Waals surface area contributed by atoms with Gasteiger partial charge in [-0.25, -0.2) is 0 Å². The van der Waals surface area contributed by atoms with Crippen LogP contribution in [0.15, 0.2) is 42.5 Å². The average Bonchev–Trinajstić information content (AvgIpc) is 3.06. The van der Waals surface area contributed by atoms with E-state index in [2.05, 4.69) is 6.07 Å². The van der Waals surface area contributed by atoms with Crippen LogP contribution in [0.5, 0.6) is 5.75 Å². The first-order valence-corrected chi connectivity index (χ1v) is 10.1. The Hall–Kier alpha value is -2.01. The fraction of sp³-hybridized carbons (Fsp3) is 0.318. The van der Waals surface area contributed by atoms with Crippen LogP contribution in [0.25, 0.3) is 6.08 Å². The summed E-state index contributed by atoms with van der Waals surface area (Å²) in [4.78, 5) is 14.5. The minimum Gasteiger partial charge on any atom is -0.492 e. The topological polar surface area (TPSA) is 55.6 Å². The summed E-state index contributed by atoms with van der Waals surface area (Å²) < 4.78 is 5.93. The third kappa shape index (κ3) is 3.64. The molecule has 2 aliphatic heterocycles. The van der Waals surface area contributed by atoms with E-state index in [0.717, 1.165) is 29.7 Å². The van der Waals surface area contributed by atoms with Gasteiger partial charge in [0.2, 0.25) is 5.91 Å². The fourth-order valence-electron chi connectivity index (χ4n) is 4.00. The van der Waals surface area contributed by atoms with Crippen molar-refractivity contribution in [2.45, 2.75) is 24.8 Å². The van der Waals surface area contributed by atoms with Crippen LogP contribution < -0.4 is 10.5 Å². The molecular weight excluding hydrogens is 395 g/mol. The quantitative estimate of drug-likeness (QED) is 0.753. The lowest BCUT2D eigenvalue weighted by molar-refractivity contribution is -0.127. The molecule has 0 radical (unpaired) electrons. The van der Waals surface area contributed by atoms with Gasteiger partial charge >= 0.3 is 0 Å². The van der Waals surface area contributed by atoms with Gasteiger partial charge in [-0.15, -0.1) is 0 Å². The van der Waals surface area contributed by atoms with Crippen molar-refractivity contribution in [2.24, 2.45) is 5.73 Å². The van der Waals surface area contributed by atoms with Crippen molar-refractivity contribution in [3.8, 4) is 5.75 Å². The van der Waals surface area contributed by atoms with Crippen LogP contribution in [0.1, 0.15) is 29.5 Å². The Labute approximate surface area is 174 Å². The Morgan fingerprint density at radius 2 is 1.93 bits per heavy atom. The van der Waals surface area contributed by atoms with Crippen molar-refractivity contribution >= 4 is 35.2 Å². The van der Waals surface area contributed by atoms with E-state index in [1.54, 1.807) is 24.3 Å². The number of carbonyl (C=O) groups excluding carboxylic acids is 1. The van der Waals surface area contributed by atoms with E-state index in [-0.39, 0.29) is 11.3 Å². The standard InChI is InChI=1S/C22H22Cl2N2O2/c23-18-4-1-15(12-19(18)24)3-6-21(27)26-9-7-22(8-10-26)14-28-20-5-2-16(13-25)11-17(20)22/h1-6,11-12H,7-10,13-14,25H2. The number of halogens is 2. The van der Waals surface area contributed by atoms with Crippen molar-refractivity contribution in [3.05, 3.63) is 69.2 Å². The maximum Gasteiger partial charge on any atom is 0.246 e. The van der Waals surface area contributed by atoms with Gasteiger partial charge in [-0.2, -0.15) is 0 Å². The first kappa shape index (κ1) is 19.3. The molecule has 1 spiro atoms. The molecular formula is C22H22Cl2N2O2. The Kier molecular flexibility index (Phi) is 5.37. The number of nitrogens with two attached hydrogens (primary N) is 1. The number of ether oxygens (including phenoxy) is 1. The number of nitrogens with zero attached hydrogens (tertiary/aromatic N) is 1. The number of carbonyl (C=O) groups is 1. The summed E-state index contributed by atoms with van der Waals surface area (Å²) in [5.74, 6) is 0.965. The second-order valence-corrected chi connectivity index (χ2v) is 8.25. The largest absolute Gasteiger partial charge is 0.492 e. The van der Waals surface area contributed by atoms with Crippen molar-refractivity contribution in [2.75, 3.05) is 19.7 Å². The van der Waals surface area contributed by atoms with Gasteiger partial charge in [0.25, 0.3) is 0 Å². The van der Waals surface area contributed by atoms with E-state index in [1.165, 1.54) is 5.56 Å². The van der Waals surface area contributed by atoms with Gasteiger partial charge in [-0.3, -0.25) is 4.79 Å². The van der Waals surface area contributed by atoms with Gasteiger partial charge in [0, 0.05) is 36.7 Å². The van der Waals surface area contributed by atoms with Crippen molar-refractivity contribution < 1.29 is 9.53 Å². The van der Waals surface area contributed by atoms with E-state index in [1.807, 2.05) is 23.1 Å². The number of hydrogen-bond acceptors (Lipinski definition) is 3. The number of likely N-dealkylation sites (tertiary alicyclic amines) is 1. The predicted molar refractivity (Wildman–Crippen MR) is 113 cm³/mol. The molecule has 1 saturated heterocycles. The van der Waals surface area contributed by atoms with Crippen LogP contribution >= 0.6 is 23.2 Å². The number of rotatable bonds is 3. The van der Waals surface area contributed by atoms with Crippen LogP contribution in [0.2, 0.25) is 10.0 Å². The van der Waals surface area contributed by atoms with Gasteiger partial charge in [0.15, 0.2) is 0 Å². The zero-order valence-electron chi connectivity index (χ0n) is 15.5. The van der Waals surface area contributed by atoms with Gasteiger partial charge in [-0.05, 0) is 48.2 Å². The minimum atomic E-state index is -0.00921. The summed E-state index contributed by atoms with van der Waals surface area (Å²) in [6, 6.07) is 11.5. The fourth-order valence-corrected chi connectivity index (χ4v) is 4.30. The van der Waals surface area contributed by atoms with Crippen LogP contribution in [0, 0.1) is 0 Å². The second kappa shape index (κ2) is 7.78. The molecule has 4 rings (SSSR count). The SMILES string of the molecule is NCc1ccc2c(c1)C1(CCN(C(=O)C=Cc3ccc(Cl)c(Cl)c3)CC1)CO2. The van der Waals surface area contributed by atoms with Gasteiger partial charge in [0.1, 0.15) is 5.75 Å². The molecule has 0 aromatic heterocycles. The highest BCUT2D eigenvalue weighted by atomic mass is 35.5. The molecule has 0 atom stereocenters. The maximum atomic E-state index is 12.6. The molecule has 6 heteroatoms. The molecule has 1 fully saturated rings. The molecule has 2 N–H and O–H groups in total. The second-order valence-electron chi connectivity index (χ2n) is 7.44. The highest BCUT2D eigenvalue weighted by Crippen LogP contribution is 2.45. The Morgan fingerprint density at radius 3 is 2.64 bits per heavy atom. The van der Waals surface area contributed by atoms with Crippen LogP contribution in [0.3, 0.4) is 0 Å². The number of amides is 1. The van der Waals surface area contributed by atoms with Crippen LogP contribution in [0.4, 0.5) is 0 Å². The zero-order chi connectivity index (χ0) is 19.7. The van der Waals surface area contributed by atoms with E-state index >= 15 is 0 Å². The maximum absolute atomic E-state index is 12.6. The molecule has 0 unspecified atom stereocenters. The first-order chi connectivity index (χ1) is 13.5. The van der Waals surface area contributed by atoms with E-state index < -0.39 is 0 Å². The van der Waals surface area contributed by atoms with Gasteiger partial charge < -0.3 is 15.4 Å². The molecule has 4 nitrogen and oxygen atoms in total.